The number of nitrogens with one attached hydrogen (secondary N) is 1. The van der Waals surface area contributed by atoms with Gasteiger partial charge in [0.05, 0.1) is 6.10 Å². The van der Waals surface area contributed by atoms with E-state index >= 15 is 0 Å². The quantitative estimate of drug-likeness (QED) is 0.592. The largest absolute Gasteiger partial charge is 0.509 e. The molecular weight excluding hydrogens is 298 g/mol. The van der Waals surface area contributed by atoms with Gasteiger partial charge in [-0.1, -0.05) is 30.3 Å². The number of hydrogen-bond donors (Lipinski definition) is 2. The summed E-state index contributed by atoms with van der Waals surface area (Å²) in [5, 5.41) is 11.8. The van der Waals surface area contributed by atoms with Gasteiger partial charge < -0.3 is 14.6 Å². The molecule has 0 radical (unpaired) electrons. The van der Waals surface area contributed by atoms with Gasteiger partial charge in [-0.25, -0.2) is 4.79 Å². The Labute approximate surface area is 129 Å². The van der Waals surface area contributed by atoms with Crippen molar-refractivity contribution >= 4 is 24.5 Å². The maximum Gasteiger partial charge on any atom is 0.509 e. The molecule has 1 atom stereocenters. The first-order chi connectivity index (χ1) is 9.49. The lowest BCUT2D eigenvalue weighted by Gasteiger charge is -2.15. The SMILES string of the molecule is CC(C)OC(=O)OCNC(Cc1ccccc1)C(=O)O.Cl. The van der Waals surface area contributed by atoms with Gasteiger partial charge in [0, 0.05) is 0 Å². The Morgan fingerprint density at radius 3 is 2.38 bits per heavy atom. The molecule has 6 nitrogen and oxygen atoms in total. The molecule has 1 aromatic carbocycles. The van der Waals surface area contributed by atoms with Crippen molar-refractivity contribution in [1.29, 1.82) is 0 Å². The van der Waals surface area contributed by atoms with Crippen LogP contribution in [-0.2, 0) is 20.7 Å². The van der Waals surface area contributed by atoms with Gasteiger partial charge in [0.15, 0.2) is 0 Å². The Hall–Kier alpha value is -1.79. The first-order valence-corrected chi connectivity index (χ1v) is 6.32. The van der Waals surface area contributed by atoms with E-state index in [0.717, 1.165) is 5.56 Å². The molecule has 0 saturated carbocycles. The van der Waals surface area contributed by atoms with Gasteiger partial charge in [0.2, 0.25) is 0 Å². The fraction of sp³-hybridized carbons (Fsp3) is 0.429. The molecule has 7 heteroatoms. The van der Waals surface area contributed by atoms with Crippen LogP contribution in [0.3, 0.4) is 0 Å². The zero-order valence-corrected chi connectivity index (χ0v) is 12.8. The number of halogens is 1. The summed E-state index contributed by atoms with van der Waals surface area (Å²) in [6, 6.07) is 8.38. The summed E-state index contributed by atoms with van der Waals surface area (Å²) in [6.07, 6.45) is -0.794. The third-order valence-electron chi connectivity index (χ3n) is 2.43. The van der Waals surface area contributed by atoms with Crippen molar-refractivity contribution < 1.29 is 24.2 Å². The van der Waals surface area contributed by atoms with Crippen molar-refractivity contribution in [3.63, 3.8) is 0 Å². The number of benzene rings is 1. The van der Waals surface area contributed by atoms with Crippen molar-refractivity contribution in [2.45, 2.75) is 32.4 Å². The van der Waals surface area contributed by atoms with E-state index in [2.05, 4.69) is 5.32 Å². The molecule has 0 aliphatic carbocycles. The Morgan fingerprint density at radius 2 is 1.86 bits per heavy atom. The third kappa shape index (κ3) is 8.16. The molecule has 0 amide bonds. The van der Waals surface area contributed by atoms with Crippen molar-refractivity contribution in [3.05, 3.63) is 35.9 Å². The van der Waals surface area contributed by atoms with Gasteiger partial charge in [-0.2, -0.15) is 0 Å². The highest BCUT2D eigenvalue weighted by Crippen LogP contribution is 2.03. The molecule has 0 heterocycles. The van der Waals surface area contributed by atoms with Gasteiger partial charge in [-0.15, -0.1) is 12.4 Å². The third-order valence-corrected chi connectivity index (χ3v) is 2.43. The van der Waals surface area contributed by atoms with Crippen LogP contribution in [0.1, 0.15) is 19.4 Å². The number of rotatable bonds is 7. The molecular formula is C14H20ClNO5. The van der Waals surface area contributed by atoms with E-state index < -0.39 is 18.2 Å². The van der Waals surface area contributed by atoms with Gasteiger partial charge in [0.1, 0.15) is 12.8 Å². The summed E-state index contributed by atoms with van der Waals surface area (Å²) < 4.78 is 9.50. The number of ether oxygens (including phenoxy) is 2. The number of carbonyl (C=O) groups excluding carboxylic acids is 1. The van der Waals surface area contributed by atoms with Crippen LogP contribution in [0, 0.1) is 0 Å². The lowest BCUT2D eigenvalue weighted by molar-refractivity contribution is -0.140. The van der Waals surface area contributed by atoms with Crippen LogP contribution in [0.15, 0.2) is 30.3 Å². The second kappa shape index (κ2) is 10.0. The minimum Gasteiger partial charge on any atom is -0.480 e. The molecule has 1 rings (SSSR count). The van der Waals surface area contributed by atoms with E-state index in [4.69, 9.17) is 14.6 Å². The molecule has 2 N–H and O–H groups in total. The molecule has 0 bridgehead atoms. The molecule has 0 spiro atoms. The van der Waals surface area contributed by atoms with Crippen molar-refractivity contribution in [2.24, 2.45) is 0 Å². The highest BCUT2D eigenvalue weighted by Gasteiger charge is 2.18. The predicted molar refractivity (Wildman–Crippen MR) is 79.5 cm³/mol. The zero-order valence-electron chi connectivity index (χ0n) is 11.9. The molecule has 1 unspecified atom stereocenters. The molecule has 0 aliphatic rings. The predicted octanol–water partition coefficient (Wildman–Crippen LogP) is 2.21. The van der Waals surface area contributed by atoms with E-state index in [1.54, 1.807) is 13.8 Å². The van der Waals surface area contributed by atoms with Gasteiger partial charge in [0.25, 0.3) is 0 Å². The second-order valence-electron chi connectivity index (χ2n) is 4.49. The van der Waals surface area contributed by atoms with Crippen molar-refractivity contribution in [2.75, 3.05) is 6.73 Å². The normalized spacial score (nSPS) is 11.4. The minimum atomic E-state index is -1.00. The van der Waals surface area contributed by atoms with E-state index in [0.29, 0.717) is 6.42 Å². The van der Waals surface area contributed by atoms with Gasteiger partial charge in [-0.05, 0) is 25.8 Å². The Balaban J connectivity index is 0.00000400. The summed E-state index contributed by atoms with van der Waals surface area (Å²) in [5.74, 6) is -1.00. The van der Waals surface area contributed by atoms with E-state index in [1.807, 2.05) is 30.3 Å². The average molecular weight is 318 g/mol. The lowest BCUT2D eigenvalue weighted by Crippen LogP contribution is -2.40. The summed E-state index contributed by atoms with van der Waals surface area (Å²) in [7, 11) is 0. The molecule has 0 saturated heterocycles. The summed E-state index contributed by atoms with van der Waals surface area (Å²) in [5.41, 5.74) is 0.886. The van der Waals surface area contributed by atoms with Crippen LogP contribution < -0.4 is 5.32 Å². The average Bonchev–Trinajstić information content (AvgIpc) is 2.37. The number of carbonyl (C=O) groups is 2. The zero-order chi connectivity index (χ0) is 15.0. The topological polar surface area (TPSA) is 84.9 Å². The fourth-order valence-corrected chi connectivity index (χ4v) is 1.52. The highest BCUT2D eigenvalue weighted by atomic mass is 35.5. The number of carboxylic acid groups (broad SMARTS) is 1. The van der Waals surface area contributed by atoms with Gasteiger partial charge >= 0.3 is 12.1 Å². The second-order valence-corrected chi connectivity index (χ2v) is 4.49. The van der Waals surface area contributed by atoms with Crippen LogP contribution >= 0.6 is 12.4 Å². The maximum atomic E-state index is 11.1. The molecule has 1 aromatic rings. The molecule has 0 aromatic heterocycles. The lowest BCUT2D eigenvalue weighted by atomic mass is 10.1. The number of aliphatic carboxylic acids is 1. The smallest absolute Gasteiger partial charge is 0.480 e. The maximum absolute atomic E-state index is 11.1. The fourth-order valence-electron chi connectivity index (χ4n) is 1.52. The van der Waals surface area contributed by atoms with Crippen LogP contribution in [0.25, 0.3) is 0 Å². The summed E-state index contributed by atoms with van der Waals surface area (Å²) >= 11 is 0. The van der Waals surface area contributed by atoms with Crippen LogP contribution in [-0.4, -0.2) is 36.1 Å². The standard InChI is InChI=1S/C14H19NO5.ClH/c1-10(2)20-14(18)19-9-15-12(13(16)17)8-11-6-4-3-5-7-11;/h3-7,10,12,15H,8-9H2,1-2H3,(H,16,17);1H. The summed E-state index contributed by atoms with van der Waals surface area (Å²) in [6.45, 7) is 3.18. The van der Waals surface area contributed by atoms with Crippen LogP contribution in [0.4, 0.5) is 4.79 Å². The first kappa shape index (κ1) is 19.2. The Kier molecular flexibility index (Phi) is 9.16. The molecule has 118 valence electrons. The van der Waals surface area contributed by atoms with E-state index in [9.17, 15) is 9.59 Å². The first-order valence-electron chi connectivity index (χ1n) is 6.32. The van der Waals surface area contributed by atoms with E-state index in [1.165, 1.54) is 0 Å². The Morgan fingerprint density at radius 1 is 1.24 bits per heavy atom. The molecule has 0 aliphatic heterocycles. The highest BCUT2D eigenvalue weighted by molar-refractivity contribution is 5.85. The van der Waals surface area contributed by atoms with Gasteiger partial charge in [-0.3, -0.25) is 10.1 Å². The van der Waals surface area contributed by atoms with Crippen LogP contribution in [0.2, 0.25) is 0 Å². The summed E-state index contributed by atoms with van der Waals surface area (Å²) in [4.78, 5) is 22.3. The van der Waals surface area contributed by atoms with E-state index in [-0.39, 0.29) is 25.2 Å². The minimum absolute atomic E-state index is 0. The van der Waals surface area contributed by atoms with Crippen molar-refractivity contribution in [1.82, 2.24) is 5.32 Å². The van der Waals surface area contributed by atoms with Crippen LogP contribution in [0.5, 0.6) is 0 Å². The Bertz CT molecular complexity index is 438. The monoisotopic (exact) mass is 317 g/mol. The number of hydrogen-bond acceptors (Lipinski definition) is 5. The van der Waals surface area contributed by atoms with Crippen molar-refractivity contribution in [3.8, 4) is 0 Å². The number of carboxylic acids is 1. The molecule has 21 heavy (non-hydrogen) atoms. The molecule has 0 fully saturated rings.